The Hall–Kier alpha value is -2.57. The molecule has 0 spiro atoms. The summed E-state index contributed by atoms with van der Waals surface area (Å²) in [7, 11) is 0. The summed E-state index contributed by atoms with van der Waals surface area (Å²) in [6, 6.07) is 8.73. The molecule has 1 aliphatic carbocycles. The van der Waals surface area contributed by atoms with E-state index in [1.165, 1.54) is 37.5 Å². The third-order valence-electron chi connectivity index (χ3n) is 6.76. The predicted molar refractivity (Wildman–Crippen MR) is 153 cm³/mol. The number of carbonyl (C=O) groups excluding carboxylic acids is 1. The number of nitrogens with zero attached hydrogens (tertiary/aromatic N) is 2. The number of hydrogen-bond donors (Lipinski definition) is 0. The highest BCUT2D eigenvalue weighted by Crippen LogP contribution is 2.39. The first-order valence-corrected chi connectivity index (χ1v) is 14.0. The Morgan fingerprint density at radius 3 is 2.05 bits per heavy atom. The molecule has 0 saturated heterocycles. The minimum Gasteiger partial charge on any atom is -0.300 e. The Morgan fingerprint density at radius 1 is 1.03 bits per heavy atom. The molecule has 218 valence electrons. The maximum absolute atomic E-state index is 12.7. The van der Waals surface area contributed by atoms with Gasteiger partial charge in [-0.2, -0.15) is 13.2 Å². The molecule has 0 bridgehead atoms. The van der Waals surface area contributed by atoms with Gasteiger partial charge in [-0.3, -0.25) is 9.79 Å². The van der Waals surface area contributed by atoms with Crippen molar-refractivity contribution in [3.63, 3.8) is 0 Å². The summed E-state index contributed by atoms with van der Waals surface area (Å²) < 4.78 is 50.0. The van der Waals surface area contributed by atoms with E-state index in [-0.39, 0.29) is 17.5 Å². The first-order valence-electron chi connectivity index (χ1n) is 14.0. The number of pyridine rings is 1. The van der Waals surface area contributed by atoms with E-state index in [9.17, 15) is 22.4 Å². The Morgan fingerprint density at radius 2 is 1.62 bits per heavy atom. The number of aliphatic imine (C=N–C) groups is 1. The molecule has 1 aromatic carbocycles. The van der Waals surface area contributed by atoms with E-state index in [4.69, 9.17) is 0 Å². The van der Waals surface area contributed by atoms with Crippen molar-refractivity contribution in [3.05, 3.63) is 59.2 Å². The third-order valence-corrected chi connectivity index (χ3v) is 6.76. The highest BCUT2D eigenvalue weighted by molar-refractivity contribution is 5.84. The van der Waals surface area contributed by atoms with Crippen molar-refractivity contribution in [2.75, 3.05) is 0 Å². The lowest BCUT2D eigenvalue weighted by atomic mass is 9.72. The topological polar surface area (TPSA) is 42.3 Å². The van der Waals surface area contributed by atoms with E-state index in [0.717, 1.165) is 48.4 Å². The van der Waals surface area contributed by atoms with Crippen LogP contribution in [0, 0.1) is 18.2 Å². The van der Waals surface area contributed by atoms with Crippen LogP contribution in [0.1, 0.15) is 122 Å². The molecule has 1 aliphatic rings. The lowest BCUT2D eigenvalue weighted by Gasteiger charge is -2.33. The zero-order valence-electron chi connectivity index (χ0n) is 24.7. The second kappa shape index (κ2) is 16.5. The van der Waals surface area contributed by atoms with Gasteiger partial charge >= 0.3 is 6.18 Å². The molecule has 3 nitrogen and oxygen atoms in total. The molecule has 1 saturated carbocycles. The molecular formula is C32H46F4N2O. The molecule has 7 heteroatoms. The molecule has 1 heterocycles. The van der Waals surface area contributed by atoms with E-state index in [0.29, 0.717) is 24.2 Å². The van der Waals surface area contributed by atoms with E-state index >= 15 is 0 Å². The fourth-order valence-electron chi connectivity index (χ4n) is 4.04. The van der Waals surface area contributed by atoms with Crippen LogP contribution >= 0.6 is 0 Å². The van der Waals surface area contributed by atoms with Gasteiger partial charge in [0.2, 0.25) is 0 Å². The van der Waals surface area contributed by atoms with Gasteiger partial charge in [0.1, 0.15) is 17.3 Å². The molecule has 0 N–H and O–H groups in total. The fraction of sp³-hybridized carbons (Fsp3) is 0.594. The smallest absolute Gasteiger partial charge is 0.300 e. The first-order chi connectivity index (χ1) is 18.2. The molecule has 1 fully saturated rings. The molecular weight excluding hydrogens is 504 g/mol. The number of unbranched alkanes of at least 4 members (excludes halogenated alkanes) is 1. The summed E-state index contributed by atoms with van der Waals surface area (Å²) in [6.07, 6.45) is 5.02. The minimum atomic E-state index is -4.40. The number of carbonyl (C=O) groups is 1. The SMILES string of the molecule is CC1(C)CCC1.CCCC(=O)CC(C)c1ccc(F)cc1.CCCCC(C)=Nc1ccc(C(F)(F)F)nc1C. The Labute approximate surface area is 232 Å². The Kier molecular flexibility index (Phi) is 14.6. The third kappa shape index (κ3) is 13.9. The quantitative estimate of drug-likeness (QED) is 0.230. The molecule has 1 aromatic heterocycles. The van der Waals surface area contributed by atoms with Crippen molar-refractivity contribution in [2.24, 2.45) is 10.4 Å². The monoisotopic (exact) mass is 550 g/mol. The second-order valence-electron chi connectivity index (χ2n) is 11.2. The number of aryl methyl sites for hydroxylation is 1. The van der Waals surface area contributed by atoms with Gasteiger partial charge in [0.25, 0.3) is 0 Å². The molecule has 0 amide bonds. The van der Waals surface area contributed by atoms with Gasteiger partial charge in [-0.15, -0.1) is 0 Å². The number of ketones is 1. The minimum absolute atomic E-state index is 0.185. The molecule has 1 atom stereocenters. The number of hydrogen-bond acceptors (Lipinski definition) is 3. The lowest BCUT2D eigenvalue weighted by molar-refractivity contribution is -0.141. The highest BCUT2D eigenvalue weighted by Gasteiger charge is 2.32. The zero-order valence-corrected chi connectivity index (χ0v) is 24.7. The van der Waals surface area contributed by atoms with Crippen LogP contribution in [0.3, 0.4) is 0 Å². The maximum Gasteiger partial charge on any atom is 0.433 e. The van der Waals surface area contributed by atoms with Crippen molar-refractivity contribution >= 4 is 17.2 Å². The molecule has 0 aliphatic heterocycles. The average Bonchev–Trinajstić information content (AvgIpc) is 2.84. The average molecular weight is 551 g/mol. The van der Waals surface area contributed by atoms with Crippen molar-refractivity contribution < 1.29 is 22.4 Å². The van der Waals surface area contributed by atoms with Crippen LogP contribution in [0.5, 0.6) is 0 Å². The van der Waals surface area contributed by atoms with E-state index < -0.39 is 11.9 Å². The van der Waals surface area contributed by atoms with Gasteiger partial charge < -0.3 is 0 Å². The van der Waals surface area contributed by atoms with Gasteiger partial charge in [0.05, 0.1) is 11.4 Å². The lowest BCUT2D eigenvalue weighted by Crippen LogP contribution is -2.20. The van der Waals surface area contributed by atoms with Crippen LogP contribution in [-0.4, -0.2) is 16.5 Å². The zero-order chi connectivity index (χ0) is 29.6. The number of halogens is 4. The largest absolute Gasteiger partial charge is 0.433 e. The normalized spacial score (nSPS) is 15.2. The van der Waals surface area contributed by atoms with Crippen LogP contribution in [0.25, 0.3) is 0 Å². The van der Waals surface area contributed by atoms with Gasteiger partial charge in [0, 0.05) is 18.6 Å². The van der Waals surface area contributed by atoms with Crippen LogP contribution in [0.4, 0.5) is 23.2 Å². The number of aromatic nitrogens is 1. The Balaban J connectivity index is 0.000000324. The molecule has 1 unspecified atom stereocenters. The van der Waals surface area contributed by atoms with Crippen molar-refractivity contribution in [3.8, 4) is 0 Å². The van der Waals surface area contributed by atoms with Crippen LogP contribution in [0.15, 0.2) is 41.4 Å². The fourth-order valence-corrected chi connectivity index (χ4v) is 4.04. The summed E-state index contributed by atoms with van der Waals surface area (Å²) in [5, 5.41) is 0. The van der Waals surface area contributed by atoms with E-state index in [1.54, 1.807) is 19.1 Å². The van der Waals surface area contributed by atoms with Gasteiger partial charge in [0.15, 0.2) is 0 Å². The summed E-state index contributed by atoms with van der Waals surface area (Å²) in [5.41, 5.74) is 2.62. The van der Waals surface area contributed by atoms with Crippen LogP contribution < -0.4 is 0 Å². The summed E-state index contributed by atoms with van der Waals surface area (Å²) in [6.45, 7) is 14.2. The number of rotatable bonds is 9. The molecule has 3 rings (SSSR count). The van der Waals surface area contributed by atoms with Crippen molar-refractivity contribution in [1.29, 1.82) is 0 Å². The maximum atomic E-state index is 12.7. The molecule has 0 radical (unpaired) electrons. The molecule has 39 heavy (non-hydrogen) atoms. The first kappa shape index (κ1) is 34.5. The van der Waals surface area contributed by atoms with E-state index in [1.807, 2.05) is 20.8 Å². The van der Waals surface area contributed by atoms with Crippen LogP contribution in [-0.2, 0) is 11.0 Å². The van der Waals surface area contributed by atoms with Gasteiger partial charge in [-0.05, 0) is 87.1 Å². The molecule has 2 aromatic rings. The summed E-state index contributed by atoms with van der Waals surface area (Å²) >= 11 is 0. The van der Waals surface area contributed by atoms with Gasteiger partial charge in [-0.1, -0.05) is 59.6 Å². The second-order valence-corrected chi connectivity index (χ2v) is 11.2. The van der Waals surface area contributed by atoms with E-state index in [2.05, 4.69) is 30.7 Å². The van der Waals surface area contributed by atoms with Crippen molar-refractivity contribution in [1.82, 2.24) is 4.98 Å². The highest BCUT2D eigenvalue weighted by atomic mass is 19.4. The van der Waals surface area contributed by atoms with Crippen LogP contribution in [0.2, 0.25) is 0 Å². The standard InChI is InChI=1S/C13H17F3N2.C13H17FO.C6H12/c1-4-5-6-9(2)17-11-7-8-12(13(14,15)16)18-10(11)3;1-3-4-13(15)9-10(2)11-5-7-12(14)8-6-11;1-6(2)4-3-5-6/h7-8H,4-6H2,1-3H3;5-8,10H,3-4,9H2,1-2H3;3-5H2,1-2H3. The Bertz CT molecular complexity index is 1040. The number of benzene rings is 1. The van der Waals surface area contributed by atoms with Gasteiger partial charge in [-0.25, -0.2) is 9.37 Å². The summed E-state index contributed by atoms with van der Waals surface area (Å²) in [4.78, 5) is 19.3. The predicted octanol–water partition coefficient (Wildman–Crippen LogP) is 10.6. The van der Waals surface area contributed by atoms with Crippen molar-refractivity contribution in [2.45, 2.75) is 118 Å². The summed E-state index contributed by atoms with van der Waals surface area (Å²) in [5.74, 6) is 0.241. The number of Topliss-reactive ketones (excluding diaryl/α,β-unsaturated/α-hetero) is 1. The number of alkyl halides is 3.